The second kappa shape index (κ2) is 8.82. The predicted octanol–water partition coefficient (Wildman–Crippen LogP) is 4.85. The van der Waals surface area contributed by atoms with Gasteiger partial charge < -0.3 is 16.0 Å². The Balaban J connectivity index is 1.66. The number of nitrogens with one attached hydrogen (secondary N) is 4. The number of fused-ring (bicyclic) bond motifs is 1. The smallest absolute Gasteiger partial charge is 0.258 e. The third-order valence-electron chi connectivity index (χ3n) is 4.92. The van der Waals surface area contributed by atoms with E-state index in [0.717, 1.165) is 0 Å². The Morgan fingerprint density at radius 3 is 2.56 bits per heavy atom. The molecule has 32 heavy (non-hydrogen) atoms. The third-order valence-corrected chi connectivity index (χ3v) is 5.76. The molecule has 2 heterocycles. The summed E-state index contributed by atoms with van der Waals surface area (Å²) in [5, 5.41) is 9.46. The van der Waals surface area contributed by atoms with E-state index in [0.29, 0.717) is 32.0 Å². The molecule has 0 aliphatic carbocycles. The summed E-state index contributed by atoms with van der Waals surface area (Å²) >= 11 is 18.1. The molecule has 0 saturated carbocycles. The van der Waals surface area contributed by atoms with Crippen LogP contribution in [0, 0.1) is 6.92 Å². The monoisotopic (exact) mass is 491 g/mol. The van der Waals surface area contributed by atoms with Crippen molar-refractivity contribution in [2.45, 2.75) is 19.3 Å². The highest BCUT2D eigenvalue weighted by molar-refractivity contribution is 6.35. The fourth-order valence-corrected chi connectivity index (χ4v) is 4.08. The molecule has 0 fully saturated rings. The first-order chi connectivity index (χ1) is 15.2. The van der Waals surface area contributed by atoms with E-state index in [1.165, 1.54) is 0 Å². The normalized spacial score (nSPS) is 15.0. The van der Waals surface area contributed by atoms with Crippen molar-refractivity contribution in [3.8, 4) is 0 Å². The van der Waals surface area contributed by atoms with Gasteiger partial charge in [0, 0.05) is 32.9 Å². The van der Waals surface area contributed by atoms with Gasteiger partial charge in [0.25, 0.3) is 5.56 Å². The Morgan fingerprint density at radius 1 is 1.12 bits per heavy atom. The molecule has 1 atom stereocenters. The third kappa shape index (κ3) is 4.57. The van der Waals surface area contributed by atoms with Gasteiger partial charge in [-0.1, -0.05) is 40.9 Å². The molecule has 2 amide bonds. The van der Waals surface area contributed by atoms with Gasteiger partial charge in [-0.3, -0.25) is 19.4 Å². The van der Waals surface area contributed by atoms with Crippen LogP contribution in [0.3, 0.4) is 0 Å². The molecule has 0 radical (unpaired) electrons. The zero-order valence-electron chi connectivity index (χ0n) is 16.6. The first-order valence-corrected chi connectivity index (χ1v) is 10.6. The lowest BCUT2D eigenvalue weighted by Crippen LogP contribution is -2.36. The predicted molar refractivity (Wildman–Crippen MR) is 125 cm³/mol. The van der Waals surface area contributed by atoms with E-state index in [9.17, 15) is 14.4 Å². The van der Waals surface area contributed by atoms with Gasteiger partial charge in [0.2, 0.25) is 17.8 Å². The van der Waals surface area contributed by atoms with E-state index in [-0.39, 0.29) is 23.8 Å². The van der Waals surface area contributed by atoms with Crippen LogP contribution in [0.2, 0.25) is 15.1 Å². The standard InChI is InChI=1S/C21H16Cl3N5O3/c1-9-14(24)3-2-4-15(9)26-19(31)13-8-16(30)27-18-17(13)20(32)29-21(28-18)25-12-6-10(22)5-11(23)7-12/h2-7,13H,8H2,1H3,(H,26,31)(H3,25,27,28,29,30,32)/t13-/m0/s1. The maximum Gasteiger partial charge on any atom is 0.258 e. The van der Waals surface area contributed by atoms with E-state index < -0.39 is 23.3 Å². The second-order valence-electron chi connectivity index (χ2n) is 7.17. The molecule has 0 spiro atoms. The number of aromatic nitrogens is 2. The molecule has 164 valence electrons. The summed E-state index contributed by atoms with van der Waals surface area (Å²) in [5.74, 6) is -1.91. The van der Waals surface area contributed by atoms with Crippen LogP contribution in [0.15, 0.2) is 41.2 Å². The van der Waals surface area contributed by atoms with Crippen molar-refractivity contribution < 1.29 is 9.59 Å². The zero-order chi connectivity index (χ0) is 23.0. The fraction of sp³-hybridized carbons (Fsp3) is 0.143. The molecule has 11 heteroatoms. The van der Waals surface area contributed by atoms with Gasteiger partial charge in [0.15, 0.2) is 0 Å². The van der Waals surface area contributed by atoms with Crippen LogP contribution in [-0.4, -0.2) is 21.8 Å². The first-order valence-electron chi connectivity index (χ1n) is 9.44. The molecule has 1 aliphatic heterocycles. The van der Waals surface area contributed by atoms with Gasteiger partial charge >= 0.3 is 0 Å². The fourth-order valence-electron chi connectivity index (χ4n) is 3.38. The van der Waals surface area contributed by atoms with Crippen LogP contribution < -0.4 is 21.5 Å². The number of benzene rings is 2. The van der Waals surface area contributed by atoms with Crippen molar-refractivity contribution in [1.29, 1.82) is 0 Å². The first kappa shape index (κ1) is 22.1. The van der Waals surface area contributed by atoms with Gasteiger partial charge in [-0.05, 0) is 42.8 Å². The second-order valence-corrected chi connectivity index (χ2v) is 8.45. The van der Waals surface area contributed by atoms with E-state index >= 15 is 0 Å². The van der Waals surface area contributed by atoms with Crippen molar-refractivity contribution >= 4 is 69.8 Å². The number of hydrogen-bond acceptors (Lipinski definition) is 5. The Hall–Kier alpha value is -3.07. The number of amides is 2. The van der Waals surface area contributed by atoms with Gasteiger partial charge in [-0.25, -0.2) is 0 Å². The molecule has 4 N–H and O–H groups in total. The molecule has 3 aromatic rings. The van der Waals surface area contributed by atoms with Gasteiger partial charge in [0.1, 0.15) is 5.82 Å². The lowest BCUT2D eigenvalue weighted by atomic mass is 9.92. The molecule has 2 aromatic carbocycles. The Morgan fingerprint density at radius 2 is 1.84 bits per heavy atom. The number of nitrogens with zero attached hydrogens (tertiary/aromatic N) is 1. The number of carbonyl (C=O) groups is 2. The summed E-state index contributed by atoms with van der Waals surface area (Å²) in [6, 6.07) is 9.83. The van der Waals surface area contributed by atoms with Gasteiger partial charge in [0.05, 0.1) is 11.5 Å². The minimum Gasteiger partial charge on any atom is -0.326 e. The summed E-state index contributed by atoms with van der Waals surface area (Å²) in [6.07, 6.45) is -0.195. The van der Waals surface area contributed by atoms with Gasteiger partial charge in [-0.2, -0.15) is 4.98 Å². The van der Waals surface area contributed by atoms with Crippen LogP contribution in [0.4, 0.5) is 23.1 Å². The average Bonchev–Trinajstić information content (AvgIpc) is 2.69. The molecule has 4 rings (SSSR count). The van der Waals surface area contributed by atoms with Crippen molar-refractivity contribution in [1.82, 2.24) is 9.97 Å². The number of H-pyrrole nitrogens is 1. The largest absolute Gasteiger partial charge is 0.326 e. The topological polar surface area (TPSA) is 116 Å². The number of hydrogen-bond donors (Lipinski definition) is 4. The summed E-state index contributed by atoms with van der Waals surface area (Å²) in [6.45, 7) is 1.76. The number of aromatic amines is 1. The molecule has 8 nitrogen and oxygen atoms in total. The zero-order valence-corrected chi connectivity index (χ0v) is 18.8. The summed E-state index contributed by atoms with van der Waals surface area (Å²) in [7, 11) is 0. The molecule has 0 unspecified atom stereocenters. The highest BCUT2D eigenvalue weighted by Crippen LogP contribution is 2.32. The summed E-state index contributed by atoms with van der Waals surface area (Å²) < 4.78 is 0. The van der Waals surface area contributed by atoms with Crippen LogP contribution >= 0.6 is 34.8 Å². The molecule has 0 saturated heterocycles. The van der Waals surface area contributed by atoms with E-state index in [1.807, 2.05) is 0 Å². The van der Waals surface area contributed by atoms with E-state index in [2.05, 4.69) is 25.9 Å². The maximum absolute atomic E-state index is 13.0. The number of rotatable bonds is 4. The summed E-state index contributed by atoms with van der Waals surface area (Å²) in [4.78, 5) is 45.0. The van der Waals surface area contributed by atoms with Crippen molar-refractivity contribution in [3.63, 3.8) is 0 Å². The minimum absolute atomic E-state index is 0.00333. The number of halogens is 3. The van der Waals surface area contributed by atoms with Crippen LogP contribution in [0.1, 0.15) is 23.5 Å². The SMILES string of the molecule is Cc1c(Cl)cccc1NC(=O)[C@H]1CC(=O)Nc2nc(Nc3cc(Cl)cc(Cl)c3)[nH]c(=O)c21. The number of anilines is 4. The highest BCUT2D eigenvalue weighted by atomic mass is 35.5. The lowest BCUT2D eigenvalue weighted by Gasteiger charge is -2.24. The molecule has 1 aliphatic rings. The van der Waals surface area contributed by atoms with Crippen LogP contribution in [0.5, 0.6) is 0 Å². The van der Waals surface area contributed by atoms with Crippen molar-refractivity contribution in [2.75, 3.05) is 16.0 Å². The summed E-state index contributed by atoms with van der Waals surface area (Å²) in [5.41, 5.74) is 1.16. The minimum atomic E-state index is -1.02. The molecule has 0 bridgehead atoms. The number of carbonyl (C=O) groups excluding carboxylic acids is 2. The van der Waals surface area contributed by atoms with E-state index in [4.69, 9.17) is 34.8 Å². The molecular weight excluding hydrogens is 477 g/mol. The average molecular weight is 493 g/mol. The van der Waals surface area contributed by atoms with Crippen LogP contribution in [-0.2, 0) is 9.59 Å². The molecular formula is C21H16Cl3N5O3. The highest BCUT2D eigenvalue weighted by Gasteiger charge is 2.35. The van der Waals surface area contributed by atoms with Crippen molar-refractivity contribution in [2.24, 2.45) is 0 Å². The Bertz CT molecular complexity index is 1290. The van der Waals surface area contributed by atoms with Crippen LogP contribution in [0.25, 0.3) is 0 Å². The maximum atomic E-state index is 13.0. The Labute approximate surface area is 197 Å². The van der Waals surface area contributed by atoms with Crippen molar-refractivity contribution in [3.05, 3.63) is 72.9 Å². The Kier molecular flexibility index (Phi) is 6.10. The van der Waals surface area contributed by atoms with E-state index in [1.54, 1.807) is 43.3 Å². The van der Waals surface area contributed by atoms with Gasteiger partial charge in [-0.15, -0.1) is 0 Å². The quantitative estimate of drug-likeness (QED) is 0.416. The molecule has 1 aromatic heterocycles. The lowest BCUT2D eigenvalue weighted by molar-refractivity contribution is -0.123.